The Balaban J connectivity index is 2.12. The van der Waals surface area contributed by atoms with Crippen molar-refractivity contribution >= 4 is 0 Å². The van der Waals surface area contributed by atoms with Gasteiger partial charge in [0.05, 0.1) is 14.2 Å². The van der Waals surface area contributed by atoms with Gasteiger partial charge in [-0.3, -0.25) is 5.32 Å². The van der Waals surface area contributed by atoms with Gasteiger partial charge < -0.3 is 9.47 Å². The summed E-state index contributed by atoms with van der Waals surface area (Å²) < 4.78 is 48.7. The lowest BCUT2D eigenvalue weighted by atomic mass is 10.1. The average Bonchev–Trinajstić information content (AvgIpc) is 3.16. The van der Waals surface area contributed by atoms with E-state index in [2.05, 4.69) is 5.32 Å². The monoisotopic (exact) mass is 275 g/mol. The molecule has 106 valence electrons. The normalized spacial score (nSPS) is 17.1. The van der Waals surface area contributed by atoms with Crippen LogP contribution >= 0.6 is 0 Å². The fraction of sp³-hybridized carbons (Fsp3) is 0.538. The molecule has 1 aromatic rings. The van der Waals surface area contributed by atoms with Gasteiger partial charge in [-0.1, -0.05) is 12.1 Å². The zero-order valence-corrected chi connectivity index (χ0v) is 10.8. The molecule has 3 nitrogen and oxygen atoms in total. The van der Waals surface area contributed by atoms with E-state index in [1.807, 2.05) is 0 Å². The van der Waals surface area contributed by atoms with E-state index in [0.29, 0.717) is 17.1 Å². The van der Waals surface area contributed by atoms with Crippen molar-refractivity contribution < 1.29 is 22.6 Å². The van der Waals surface area contributed by atoms with Crippen molar-refractivity contribution in [1.29, 1.82) is 0 Å². The van der Waals surface area contributed by atoms with Gasteiger partial charge in [0.25, 0.3) is 0 Å². The summed E-state index contributed by atoms with van der Waals surface area (Å²) in [7, 11) is 2.96. The first-order valence-electron chi connectivity index (χ1n) is 5.95. The lowest BCUT2D eigenvalue weighted by Gasteiger charge is -2.21. The maximum absolute atomic E-state index is 12.8. The van der Waals surface area contributed by atoms with Crippen LogP contribution in [0.15, 0.2) is 18.2 Å². The van der Waals surface area contributed by atoms with Gasteiger partial charge in [0.1, 0.15) is 5.54 Å². The minimum Gasteiger partial charge on any atom is -0.493 e. The molecule has 1 aromatic carbocycles. The summed E-state index contributed by atoms with van der Waals surface area (Å²) in [6.45, 7) is 0.0971. The van der Waals surface area contributed by atoms with E-state index in [9.17, 15) is 13.2 Å². The molecule has 0 unspecified atom stereocenters. The van der Waals surface area contributed by atoms with Crippen LogP contribution < -0.4 is 14.8 Å². The highest BCUT2D eigenvalue weighted by molar-refractivity contribution is 5.46. The molecule has 0 aromatic heterocycles. The number of methoxy groups -OCH3 is 2. The summed E-state index contributed by atoms with van der Waals surface area (Å²) in [5.74, 6) is 0.981. The van der Waals surface area contributed by atoms with Gasteiger partial charge in [-0.2, -0.15) is 13.2 Å². The van der Waals surface area contributed by atoms with Crippen LogP contribution in [0, 0.1) is 0 Å². The minimum atomic E-state index is -4.21. The van der Waals surface area contributed by atoms with Crippen LogP contribution in [0.3, 0.4) is 0 Å². The fourth-order valence-corrected chi connectivity index (χ4v) is 2.04. The van der Waals surface area contributed by atoms with E-state index in [1.54, 1.807) is 18.2 Å². The Hall–Kier alpha value is -1.43. The molecule has 2 rings (SSSR count). The van der Waals surface area contributed by atoms with Crippen molar-refractivity contribution in [2.45, 2.75) is 31.1 Å². The highest BCUT2D eigenvalue weighted by Crippen LogP contribution is 2.49. The summed E-state index contributed by atoms with van der Waals surface area (Å²) in [5.41, 5.74) is -1.07. The lowest BCUT2D eigenvalue weighted by molar-refractivity contribution is -0.166. The molecule has 0 bridgehead atoms. The van der Waals surface area contributed by atoms with Crippen molar-refractivity contribution in [3.63, 3.8) is 0 Å². The van der Waals surface area contributed by atoms with Crippen molar-refractivity contribution in [1.82, 2.24) is 5.32 Å². The molecule has 0 heterocycles. The number of para-hydroxylation sites is 1. The predicted octanol–water partition coefficient (Wildman–Crippen LogP) is 2.89. The van der Waals surface area contributed by atoms with E-state index in [1.165, 1.54) is 14.2 Å². The Kier molecular flexibility index (Phi) is 3.62. The third-order valence-electron chi connectivity index (χ3n) is 3.39. The average molecular weight is 275 g/mol. The van der Waals surface area contributed by atoms with Gasteiger partial charge in [-0.15, -0.1) is 0 Å². The van der Waals surface area contributed by atoms with Gasteiger partial charge in [-0.25, -0.2) is 0 Å². The summed E-state index contributed by atoms with van der Waals surface area (Å²) in [6.07, 6.45) is -3.95. The Morgan fingerprint density at radius 2 is 1.89 bits per heavy atom. The van der Waals surface area contributed by atoms with Gasteiger partial charge in [0.2, 0.25) is 0 Å². The van der Waals surface area contributed by atoms with Crippen LogP contribution in [-0.4, -0.2) is 25.9 Å². The molecule has 1 aliphatic rings. The number of halogens is 3. The van der Waals surface area contributed by atoms with E-state index >= 15 is 0 Å². The first kappa shape index (κ1) is 14.0. The number of ether oxygens (including phenoxy) is 2. The Labute approximate surface area is 109 Å². The predicted molar refractivity (Wildman–Crippen MR) is 64.4 cm³/mol. The molecule has 0 saturated heterocycles. The number of alkyl halides is 3. The van der Waals surface area contributed by atoms with Crippen LogP contribution in [0.5, 0.6) is 11.5 Å². The summed E-state index contributed by atoms with van der Waals surface area (Å²) in [5, 5.41) is 2.59. The van der Waals surface area contributed by atoms with Gasteiger partial charge >= 0.3 is 6.18 Å². The van der Waals surface area contributed by atoms with Crippen LogP contribution in [0.4, 0.5) is 13.2 Å². The molecule has 0 amide bonds. The van der Waals surface area contributed by atoms with E-state index in [4.69, 9.17) is 9.47 Å². The zero-order chi connectivity index (χ0) is 14.1. The Morgan fingerprint density at radius 3 is 2.37 bits per heavy atom. The third-order valence-corrected chi connectivity index (χ3v) is 3.39. The second-order valence-electron chi connectivity index (χ2n) is 4.59. The second kappa shape index (κ2) is 4.92. The first-order chi connectivity index (χ1) is 8.93. The quantitative estimate of drug-likeness (QED) is 0.896. The molecule has 0 spiro atoms. The summed E-state index contributed by atoms with van der Waals surface area (Å²) in [4.78, 5) is 0. The van der Waals surface area contributed by atoms with Crippen LogP contribution in [0.2, 0.25) is 0 Å². The van der Waals surface area contributed by atoms with E-state index in [0.717, 1.165) is 0 Å². The largest absolute Gasteiger partial charge is 0.493 e. The maximum atomic E-state index is 12.8. The topological polar surface area (TPSA) is 30.5 Å². The maximum Gasteiger partial charge on any atom is 0.406 e. The molecule has 19 heavy (non-hydrogen) atoms. The Morgan fingerprint density at radius 1 is 1.21 bits per heavy atom. The molecule has 1 aliphatic carbocycles. The molecular formula is C13H16F3NO2. The third kappa shape index (κ3) is 2.63. The van der Waals surface area contributed by atoms with Gasteiger partial charge in [0.15, 0.2) is 11.5 Å². The molecule has 0 radical (unpaired) electrons. The number of benzene rings is 1. The highest BCUT2D eigenvalue weighted by Gasteiger charge is 2.62. The number of hydrogen-bond donors (Lipinski definition) is 1. The van der Waals surface area contributed by atoms with Crippen molar-refractivity contribution in [2.24, 2.45) is 0 Å². The lowest BCUT2D eigenvalue weighted by Crippen LogP contribution is -2.44. The number of nitrogens with one attached hydrogen (secondary N) is 1. The second-order valence-corrected chi connectivity index (χ2v) is 4.59. The van der Waals surface area contributed by atoms with E-state index < -0.39 is 11.7 Å². The molecule has 1 fully saturated rings. The highest BCUT2D eigenvalue weighted by atomic mass is 19.4. The smallest absolute Gasteiger partial charge is 0.406 e. The molecule has 1 N–H and O–H groups in total. The molecule has 0 aliphatic heterocycles. The molecular weight excluding hydrogens is 259 g/mol. The van der Waals surface area contributed by atoms with Crippen LogP contribution in [0.1, 0.15) is 18.4 Å². The Bertz CT molecular complexity index is 456. The van der Waals surface area contributed by atoms with Gasteiger partial charge in [0, 0.05) is 12.1 Å². The van der Waals surface area contributed by atoms with E-state index in [-0.39, 0.29) is 19.4 Å². The minimum absolute atomic E-state index is 0.0971. The van der Waals surface area contributed by atoms with Crippen LogP contribution in [0.25, 0.3) is 0 Å². The molecule has 0 atom stereocenters. The van der Waals surface area contributed by atoms with Gasteiger partial charge in [-0.05, 0) is 18.9 Å². The summed E-state index contributed by atoms with van der Waals surface area (Å²) in [6, 6.07) is 5.16. The van der Waals surface area contributed by atoms with Crippen molar-refractivity contribution in [3.05, 3.63) is 23.8 Å². The molecule has 1 saturated carbocycles. The van der Waals surface area contributed by atoms with Crippen LogP contribution in [-0.2, 0) is 6.54 Å². The number of rotatable bonds is 5. The molecule has 6 heteroatoms. The van der Waals surface area contributed by atoms with Crippen molar-refractivity contribution in [2.75, 3.05) is 14.2 Å². The standard InChI is InChI=1S/C13H16F3NO2/c1-18-10-5-3-4-9(11(10)19-2)8-17-12(6-7-12)13(14,15)16/h3-5,17H,6-8H2,1-2H3. The zero-order valence-electron chi connectivity index (χ0n) is 10.8. The first-order valence-corrected chi connectivity index (χ1v) is 5.95. The fourth-order valence-electron chi connectivity index (χ4n) is 2.04. The SMILES string of the molecule is COc1cccc(CNC2(C(F)(F)F)CC2)c1OC. The number of hydrogen-bond acceptors (Lipinski definition) is 3. The summed E-state index contributed by atoms with van der Waals surface area (Å²) >= 11 is 0. The van der Waals surface area contributed by atoms with Crippen molar-refractivity contribution in [3.8, 4) is 11.5 Å².